The van der Waals surface area contributed by atoms with Crippen LogP contribution in [-0.2, 0) is 31.3 Å². The van der Waals surface area contributed by atoms with Gasteiger partial charge in [0.15, 0.2) is 16.4 Å². The van der Waals surface area contributed by atoms with Crippen molar-refractivity contribution in [3.8, 4) is 0 Å². The Balaban J connectivity index is 2.01. The van der Waals surface area contributed by atoms with Gasteiger partial charge in [-0.25, -0.2) is 13.2 Å². The number of esters is 1. The molecule has 0 atom stereocenters. The molecule has 1 N–H and O–H groups in total. The van der Waals surface area contributed by atoms with Crippen LogP contribution in [0.5, 0.6) is 0 Å². The molecule has 6 nitrogen and oxygen atoms in total. The minimum absolute atomic E-state index is 0.0452. The fraction of sp³-hybridized carbons (Fsp3) is 0.222. The molecule has 2 aromatic carbocycles. The van der Waals surface area contributed by atoms with Gasteiger partial charge in [0.05, 0.1) is 27.6 Å². The van der Waals surface area contributed by atoms with E-state index < -0.39 is 45.7 Å². The number of sulfone groups is 1. The van der Waals surface area contributed by atoms with Gasteiger partial charge in [-0.15, -0.1) is 0 Å². The lowest BCUT2D eigenvalue weighted by Gasteiger charge is -2.15. The second-order valence-electron chi connectivity index (χ2n) is 6.05. The Labute approximate surface area is 169 Å². The smallest absolute Gasteiger partial charge is 0.418 e. The zero-order chi connectivity index (χ0) is 21.8. The molecule has 156 valence electrons. The Morgan fingerprint density at radius 3 is 2.28 bits per heavy atom. The molecular weight excluding hydrogens is 435 g/mol. The fourth-order valence-electron chi connectivity index (χ4n) is 2.32. The van der Waals surface area contributed by atoms with Crippen molar-refractivity contribution in [2.24, 2.45) is 0 Å². The number of ether oxygens (including phenoxy) is 1. The Kier molecular flexibility index (Phi) is 6.91. The average molecular weight is 450 g/mol. The molecule has 0 heterocycles. The van der Waals surface area contributed by atoms with Crippen molar-refractivity contribution in [3.05, 3.63) is 64.2 Å². The van der Waals surface area contributed by atoms with Gasteiger partial charge in [0, 0.05) is 6.26 Å². The summed E-state index contributed by atoms with van der Waals surface area (Å²) in [4.78, 5) is 23.9. The number of carbonyl (C=O) groups excluding carboxylic acids is 2. The molecule has 0 spiro atoms. The predicted molar refractivity (Wildman–Crippen MR) is 100 cm³/mol. The first-order valence-electron chi connectivity index (χ1n) is 7.96. The highest BCUT2D eigenvalue weighted by atomic mass is 35.5. The van der Waals surface area contributed by atoms with Crippen LogP contribution in [0.3, 0.4) is 0 Å². The topological polar surface area (TPSA) is 89.5 Å². The van der Waals surface area contributed by atoms with Crippen LogP contribution in [0.15, 0.2) is 42.5 Å². The monoisotopic (exact) mass is 449 g/mol. The number of halogens is 4. The van der Waals surface area contributed by atoms with Crippen LogP contribution < -0.4 is 5.32 Å². The van der Waals surface area contributed by atoms with E-state index in [0.29, 0.717) is 5.56 Å². The van der Waals surface area contributed by atoms with Crippen molar-refractivity contribution in [2.45, 2.75) is 11.9 Å². The molecule has 0 bridgehead atoms. The van der Waals surface area contributed by atoms with E-state index in [1.807, 2.05) is 5.32 Å². The van der Waals surface area contributed by atoms with Crippen molar-refractivity contribution in [1.29, 1.82) is 0 Å². The molecule has 2 aromatic rings. The summed E-state index contributed by atoms with van der Waals surface area (Å²) in [6, 6.07) is 8.48. The van der Waals surface area contributed by atoms with Gasteiger partial charge >= 0.3 is 12.1 Å². The molecule has 0 saturated carbocycles. The molecule has 0 saturated heterocycles. The van der Waals surface area contributed by atoms with Crippen molar-refractivity contribution >= 4 is 39.0 Å². The molecule has 2 rings (SSSR count). The summed E-state index contributed by atoms with van der Waals surface area (Å²) in [6.45, 7) is -0.841. The number of carbonyl (C=O) groups is 2. The minimum atomic E-state index is -4.74. The number of hydrogen-bond acceptors (Lipinski definition) is 5. The summed E-state index contributed by atoms with van der Waals surface area (Å²) in [5.74, 6) is -2.11. The van der Waals surface area contributed by atoms with Crippen LogP contribution in [0, 0.1) is 0 Å². The summed E-state index contributed by atoms with van der Waals surface area (Å²) in [5.41, 5.74) is -1.26. The standard InChI is InChI=1S/C18H15ClF3NO5S/c1-29(26,27)10-11-5-7-12(8-6-11)17(25)28-9-15(24)23-16-13(18(20,21)22)3-2-4-14(16)19/h2-8H,9-10H2,1H3,(H,23,24). The van der Waals surface area contributed by atoms with Crippen LogP contribution in [-0.4, -0.2) is 33.2 Å². The van der Waals surface area contributed by atoms with E-state index in [1.54, 1.807) is 0 Å². The summed E-state index contributed by atoms with van der Waals surface area (Å²) < 4.78 is 66.3. The van der Waals surface area contributed by atoms with Crippen molar-refractivity contribution < 1.29 is 35.9 Å². The summed E-state index contributed by atoms with van der Waals surface area (Å²) in [6.07, 6.45) is -3.67. The number of anilines is 1. The lowest BCUT2D eigenvalue weighted by Crippen LogP contribution is -2.23. The molecule has 29 heavy (non-hydrogen) atoms. The van der Waals surface area contributed by atoms with E-state index in [2.05, 4.69) is 0 Å². The first-order chi connectivity index (χ1) is 13.4. The van der Waals surface area contributed by atoms with Gasteiger partial charge in [-0.1, -0.05) is 29.8 Å². The number of nitrogens with one attached hydrogen (secondary N) is 1. The lowest BCUT2D eigenvalue weighted by molar-refractivity contribution is -0.137. The van der Waals surface area contributed by atoms with E-state index in [4.69, 9.17) is 16.3 Å². The number of amides is 1. The zero-order valence-corrected chi connectivity index (χ0v) is 16.5. The van der Waals surface area contributed by atoms with E-state index in [-0.39, 0.29) is 16.3 Å². The van der Waals surface area contributed by atoms with Gasteiger partial charge in [-0.05, 0) is 29.8 Å². The van der Waals surface area contributed by atoms with Crippen LogP contribution in [0.25, 0.3) is 0 Å². The first kappa shape index (κ1) is 22.7. The van der Waals surface area contributed by atoms with E-state index >= 15 is 0 Å². The highest BCUT2D eigenvalue weighted by Gasteiger charge is 2.34. The van der Waals surface area contributed by atoms with Gasteiger partial charge < -0.3 is 10.1 Å². The first-order valence-corrected chi connectivity index (χ1v) is 10.4. The largest absolute Gasteiger partial charge is 0.452 e. The molecule has 0 fully saturated rings. The fourth-order valence-corrected chi connectivity index (χ4v) is 3.34. The van der Waals surface area contributed by atoms with E-state index in [1.165, 1.54) is 30.3 Å². The molecule has 0 aromatic heterocycles. The number of alkyl halides is 3. The number of benzene rings is 2. The third kappa shape index (κ3) is 6.75. The summed E-state index contributed by atoms with van der Waals surface area (Å²) in [7, 11) is -3.24. The van der Waals surface area contributed by atoms with Gasteiger partial charge in [0.25, 0.3) is 5.91 Å². The third-order valence-corrected chi connectivity index (χ3v) is 4.71. The number of rotatable bonds is 6. The molecule has 11 heteroatoms. The lowest BCUT2D eigenvalue weighted by atomic mass is 10.1. The van der Waals surface area contributed by atoms with Crippen molar-refractivity contribution in [2.75, 3.05) is 18.2 Å². The Morgan fingerprint density at radius 1 is 1.10 bits per heavy atom. The second-order valence-corrected chi connectivity index (χ2v) is 8.60. The zero-order valence-electron chi connectivity index (χ0n) is 14.9. The molecule has 0 aliphatic carbocycles. The Morgan fingerprint density at radius 2 is 1.72 bits per heavy atom. The Bertz CT molecular complexity index is 1020. The maximum Gasteiger partial charge on any atom is 0.418 e. The van der Waals surface area contributed by atoms with Gasteiger partial charge in [-0.3, -0.25) is 4.79 Å². The van der Waals surface area contributed by atoms with E-state index in [0.717, 1.165) is 18.4 Å². The second kappa shape index (κ2) is 8.83. The molecular formula is C18H15ClF3NO5S. The van der Waals surface area contributed by atoms with Gasteiger partial charge in [-0.2, -0.15) is 13.2 Å². The maximum atomic E-state index is 13.0. The predicted octanol–water partition coefficient (Wildman–Crippen LogP) is 3.70. The molecule has 0 radical (unpaired) electrons. The van der Waals surface area contributed by atoms with E-state index in [9.17, 15) is 31.2 Å². The van der Waals surface area contributed by atoms with Crippen LogP contribution in [0.1, 0.15) is 21.5 Å². The van der Waals surface area contributed by atoms with Crippen LogP contribution in [0.4, 0.5) is 18.9 Å². The minimum Gasteiger partial charge on any atom is -0.452 e. The maximum absolute atomic E-state index is 13.0. The van der Waals surface area contributed by atoms with Crippen LogP contribution >= 0.6 is 11.6 Å². The van der Waals surface area contributed by atoms with Crippen molar-refractivity contribution in [1.82, 2.24) is 0 Å². The SMILES string of the molecule is CS(=O)(=O)Cc1ccc(C(=O)OCC(=O)Nc2c(Cl)cccc2C(F)(F)F)cc1. The Hall–Kier alpha value is -2.59. The van der Waals surface area contributed by atoms with Crippen LogP contribution in [0.2, 0.25) is 5.02 Å². The summed E-state index contributed by atoms with van der Waals surface area (Å²) >= 11 is 5.73. The molecule has 0 aliphatic heterocycles. The highest BCUT2D eigenvalue weighted by Crippen LogP contribution is 2.38. The van der Waals surface area contributed by atoms with Gasteiger partial charge in [0.2, 0.25) is 0 Å². The number of hydrogen-bond donors (Lipinski definition) is 1. The van der Waals surface area contributed by atoms with Crippen molar-refractivity contribution in [3.63, 3.8) is 0 Å². The highest BCUT2D eigenvalue weighted by molar-refractivity contribution is 7.89. The quantitative estimate of drug-likeness (QED) is 0.679. The molecule has 0 aliphatic rings. The normalized spacial score (nSPS) is 11.8. The average Bonchev–Trinajstić information content (AvgIpc) is 2.59. The molecule has 0 unspecified atom stereocenters. The van der Waals surface area contributed by atoms with Gasteiger partial charge in [0.1, 0.15) is 0 Å². The summed E-state index contributed by atoms with van der Waals surface area (Å²) in [5, 5.41) is 1.67. The molecule has 1 amide bonds. The number of para-hydroxylation sites is 1. The third-order valence-electron chi connectivity index (χ3n) is 3.54.